The summed E-state index contributed by atoms with van der Waals surface area (Å²) in [5.74, 6) is -8.81. The van der Waals surface area contributed by atoms with Gasteiger partial charge in [-0.25, -0.2) is 22.0 Å². The first kappa shape index (κ1) is 25.5. The first-order chi connectivity index (χ1) is 17.6. The number of alkyl halides is 2. The molecule has 0 radical (unpaired) electrons. The smallest absolute Gasteiger partial charge is 0.429 e. The molecule has 2 aliphatic rings. The molecule has 1 saturated carbocycles. The molecule has 1 saturated heterocycles. The van der Waals surface area contributed by atoms with Gasteiger partial charge in [0.1, 0.15) is 22.9 Å². The first-order valence-corrected chi connectivity index (χ1v) is 11.6. The number of halogens is 7. The molecule has 0 N–H and O–H groups in total. The maximum absolute atomic E-state index is 14.7. The molecule has 196 valence electrons. The third-order valence-electron chi connectivity index (χ3n) is 6.38. The Hall–Kier alpha value is -3.11. The van der Waals surface area contributed by atoms with Crippen LogP contribution in [0.1, 0.15) is 36.7 Å². The molecule has 37 heavy (non-hydrogen) atoms. The normalized spacial score (nSPS) is 20.2. The summed E-state index contributed by atoms with van der Waals surface area (Å²) in [6.07, 6.45) is -1.64. The summed E-state index contributed by atoms with van der Waals surface area (Å²) in [5.41, 5.74) is -0.759. The lowest BCUT2D eigenvalue weighted by Crippen LogP contribution is -2.27. The molecule has 0 bridgehead atoms. The third-order valence-corrected chi connectivity index (χ3v) is 6.38. The lowest BCUT2D eigenvalue weighted by atomic mass is 10.0. The molecular weight excluding hydrogens is 505 g/mol. The summed E-state index contributed by atoms with van der Waals surface area (Å²) in [5, 5.41) is 0. The average Bonchev–Trinajstić information content (AvgIpc) is 3.66. The minimum absolute atomic E-state index is 0.0325. The maximum atomic E-state index is 14.7. The van der Waals surface area contributed by atoms with E-state index in [2.05, 4.69) is 4.74 Å². The molecule has 1 aliphatic heterocycles. The summed E-state index contributed by atoms with van der Waals surface area (Å²) in [4.78, 5) is 0. The second kappa shape index (κ2) is 9.98. The van der Waals surface area contributed by atoms with Crippen molar-refractivity contribution >= 4 is 0 Å². The molecule has 5 rings (SSSR count). The van der Waals surface area contributed by atoms with Gasteiger partial charge in [0.25, 0.3) is 0 Å². The molecule has 2 fully saturated rings. The van der Waals surface area contributed by atoms with E-state index in [1.165, 1.54) is 12.8 Å². The zero-order valence-corrected chi connectivity index (χ0v) is 19.3. The Kier molecular flexibility index (Phi) is 6.89. The van der Waals surface area contributed by atoms with Crippen LogP contribution in [0.15, 0.2) is 48.5 Å². The average molecular weight is 526 g/mol. The van der Waals surface area contributed by atoms with Crippen LogP contribution in [0, 0.1) is 40.9 Å². The van der Waals surface area contributed by atoms with Crippen molar-refractivity contribution in [1.82, 2.24) is 0 Å². The highest BCUT2D eigenvalue weighted by Gasteiger charge is 2.41. The van der Waals surface area contributed by atoms with E-state index in [1.807, 2.05) is 0 Å². The van der Waals surface area contributed by atoms with Crippen LogP contribution in [0.25, 0.3) is 11.1 Å². The number of ether oxygens (including phenoxy) is 3. The van der Waals surface area contributed by atoms with Crippen molar-refractivity contribution in [3.63, 3.8) is 0 Å². The highest BCUT2D eigenvalue weighted by atomic mass is 19.3. The van der Waals surface area contributed by atoms with Gasteiger partial charge >= 0.3 is 6.11 Å². The number of benzene rings is 3. The second-order valence-electron chi connectivity index (χ2n) is 9.30. The van der Waals surface area contributed by atoms with Crippen LogP contribution in [0.3, 0.4) is 0 Å². The zero-order valence-electron chi connectivity index (χ0n) is 19.3. The molecule has 3 aromatic carbocycles. The lowest BCUT2D eigenvalue weighted by molar-refractivity contribution is -0.206. The van der Waals surface area contributed by atoms with E-state index in [-0.39, 0.29) is 17.7 Å². The number of hydrogen-bond donors (Lipinski definition) is 0. The Labute approximate surface area is 207 Å². The first-order valence-electron chi connectivity index (χ1n) is 11.6. The lowest BCUT2D eigenvalue weighted by Gasteiger charge is -2.29. The quantitative estimate of drug-likeness (QED) is 0.234. The predicted molar refractivity (Wildman–Crippen MR) is 118 cm³/mol. The van der Waals surface area contributed by atoms with Crippen LogP contribution < -0.4 is 4.74 Å². The Bertz CT molecular complexity index is 1240. The monoisotopic (exact) mass is 526 g/mol. The Morgan fingerprint density at radius 3 is 1.84 bits per heavy atom. The van der Waals surface area contributed by atoms with Gasteiger partial charge in [0.2, 0.25) is 0 Å². The molecule has 3 aromatic rings. The van der Waals surface area contributed by atoms with Crippen LogP contribution in [0.5, 0.6) is 5.75 Å². The van der Waals surface area contributed by atoms with Gasteiger partial charge in [-0.15, -0.1) is 0 Å². The molecule has 0 aromatic heterocycles. The molecule has 1 heterocycles. The van der Waals surface area contributed by atoms with Crippen LogP contribution in [0.2, 0.25) is 0 Å². The molecule has 10 heteroatoms. The number of rotatable bonds is 7. The highest BCUT2D eigenvalue weighted by molar-refractivity contribution is 5.64. The van der Waals surface area contributed by atoms with Crippen molar-refractivity contribution in [2.45, 2.75) is 31.7 Å². The number of hydrogen-bond acceptors (Lipinski definition) is 3. The predicted octanol–water partition coefficient (Wildman–Crippen LogP) is 7.64. The van der Waals surface area contributed by atoms with E-state index in [0.29, 0.717) is 42.4 Å². The van der Waals surface area contributed by atoms with Gasteiger partial charge in [-0.2, -0.15) is 8.78 Å². The SMILES string of the molecule is Fc1cc(OC(F)(F)c2c(F)cc(-c3ccc(C4OCC(CC5CC5)CO4)cc3)cc2F)cc(F)c1F. The molecule has 0 spiro atoms. The van der Waals surface area contributed by atoms with Crippen LogP contribution >= 0.6 is 0 Å². The van der Waals surface area contributed by atoms with E-state index in [0.717, 1.165) is 12.3 Å². The standard InChI is InChI=1S/C27H21F7O3/c28-20-8-18(9-21(29)24(20)27(33,34)37-19-10-22(30)25(32)23(31)11-19)16-3-5-17(6-4-16)26-35-12-15(13-36-26)7-14-1-2-14/h3-6,8-11,14-15,26H,1-2,7,12-13H2. The summed E-state index contributed by atoms with van der Waals surface area (Å²) in [7, 11) is 0. The molecule has 0 unspecified atom stereocenters. The second-order valence-corrected chi connectivity index (χ2v) is 9.30. The van der Waals surface area contributed by atoms with E-state index >= 15 is 0 Å². The van der Waals surface area contributed by atoms with Gasteiger partial charge < -0.3 is 14.2 Å². The molecule has 0 atom stereocenters. The Balaban J connectivity index is 1.31. The highest BCUT2D eigenvalue weighted by Crippen LogP contribution is 2.39. The summed E-state index contributed by atoms with van der Waals surface area (Å²) in [6.45, 7) is 1.16. The molecule has 1 aliphatic carbocycles. The van der Waals surface area contributed by atoms with Crippen LogP contribution in [-0.2, 0) is 15.6 Å². The molecular formula is C27H21F7O3. The van der Waals surface area contributed by atoms with Gasteiger partial charge in [0.05, 0.1) is 13.2 Å². The van der Waals surface area contributed by atoms with Crippen LogP contribution in [0.4, 0.5) is 30.7 Å². The van der Waals surface area contributed by atoms with Gasteiger partial charge in [0, 0.05) is 23.6 Å². The van der Waals surface area contributed by atoms with Crippen molar-refractivity contribution in [3.05, 3.63) is 88.7 Å². The van der Waals surface area contributed by atoms with E-state index < -0.39 is 52.8 Å². The molecule has 3 nitrogen and oxygen atoms in total. The van der Waals surface area contributed by atoms with E-state index in [4.69, 9.17) is 9.47 Å². The van der Waals surface area contributed by atoms with Crippen molar-refractivity contribution < 1.29 is 44.9 Å². The van der Waals surface area contributed by atoms with E-state index in [9.17, 15) is 30.7 Å². The Morgan fingerprint density at radius 1 is 0.730 bits per heavy atom. The van der Waals surface area contributed by atoms with Crippen molar-refractivity contribution in [1.29, 1.82) is 0 Å². The van der Waals surface area contributed by atoms with E-state index in [1.54, 1.807) is 24.3 Å². The van der Waals surface area contributed by atoms with Crippen molar-refractivity contribution in [3.8, 4) is 16.9 Å². The van der Waals surface area contributed by atoms with Gasteiger partial charge in [-0.1, -0.05) is 37.1 Å². The topological polar surface area (TPSA) is 27.7 Å². The van der Waals surface area contributed by atoms with Gasteiger partial charge in [-0.3, -0.25) is 0 Å². The zero-order chi connectivity index (χ0) is 26.3. The summed E-state index contributed by atoms with van der Waals surface area (Å²) >= 11 is 0. The van der Waals surface area contributed by atoms with Crippen molar-refractivity contribution in [2.75, 3.05) is 13.2 Å². The van der Waals surface area contributed by atoms with Gasteiger partial charge in [-0.05, 0) is 35.6 Å². The Morgan fingerprint density at radius 2 is 1.30 bits per heavy atom. The summed E-state index contributed by atoms with van der Waals surface area (Å²) < 4.78 is 114. The summed E-state index contributed by atoms with van der Waals surface area (Å²) in [6, 6.07) is 8.06. The fourth-order valence-corrected chi connectivity index (χ4v) is 4.34. The fourth-order valence-electron chi connectivity index (χ4n) is 4.34. The minimum Gasteiger partial charge on any atom is -0.429 e. The largest absolute Gasteiger partial charge is 0.432 e. The minimum atomic E-state index is -4.65. The fraction of sp³-hybridized carbons (Fsp3) is 0.333. The van der Waals surface area contributed by atoms with Crippen molar-refractivity contribution in [2.24, 2.45) is 11.8 Å². The maximum Gasteiger partial charge on any atom is 0.432 e. The van der Waals surface area contributed by atoms with Gasteiger partial charge in [0.15, 0.2) is 23.7 Å². The third kappa shape index (κ3) is 5.60. The van der Waals surface area contributed by atoms with Crippen LogP contribution in [-0.4, -0.2) is 13.2 Å². The molecule has 0 amide bonds.